The fraction of sp³-hybridized carbons (Fsp3) is 0.214. The molecule has 0 N–H and O–H groups in total. The Balaban J connectivity index is 2.52. The molecule has 0 unspecified atom stereocenters. The van der Waals surface area contributed by atoms with E-state index in [0.717, 1.165) is 18.2 Å². The predicted octanol–water partition coefficient (Wildman–Crippen LogP) is 2.86. The summed E-state index contributed by atoms with van der Waals surface area (Å²) in [6, 6.07) is 4.73. The van der Waals surface area contributed by atoms with Gasteiger partial charge in [0.1, 0.15) is 23.2 Å². The molecule has 0 saturated heterocycles. The van der Waals surface area contributed by atoms with Gasteiger partial charge in [0.2, 0.25) is 0 Å². The smallest absolute Gasteiger partial charge is 0.137 e. The van der Waals surface area contributed by atoms with Crippen LogP contribution in [0.3, 0.4) is 0 Å². The van der Waals surface area contributed by atoms with Crippen LogP contribution in [0.15, 0.2) is 24.3 Å². The second kappa shape index (κ2) is 5.22. The standard InChI is InChI=1S/C14H12F2N2O/c1-8-5-13(18-14(17-8)6-9(2)19)11-7-10(15)3-4-12(11)16/h3-5,7H,6H2,1-2H3. The second-order valence-electron chi connectivity index (χ2n) is 4.31. The number of aryl methyl sites for hydroxylation is 1. The molecule has 1 aromatic carbocycles. The molecule has 0 amide bonds. The number of hydrogen-bond acceptors (Lipinski definition) is 3. The first kappa shape index (κ1) is 13.3. The number of halogens is 2. The second-order valence-corrected chi connectivity index (χ2v) is 4.31. The van der Waals surface area contributed by atoms with Crippen molar-refractivity contribution >= 4 is 5.78 Å². The van der Waals surface area contributed by atoms with E-state index in [1.807, 2.05) is 0 Å². The van der Waals surface area contributed by atoms with Crippen molar-refractivity contribution < 1.29 is 13.6 Å². The number of rotatable bonds is 3. The first-order valence-electron chi connectivity index (χ1n) is 5.75. The van der Waals surface area contributed by atoms with Gasteiger partial charge >= 0.3 is 0 Å². The molecular weight excluding hydrogens is 250 g/mol. The van der Waals surface area contributed by atoms with Gasteiger partial charge in [0.05, 0.1) is 12.1 Å². The van der Waals surface area contributed by atoms with Gasteiger partial charge in [-0.05, 0) is 38.1 Å². The summed E-state index contributed by atoms with van der Waals surface area (Å²) < 4.78 is 26.9. The lowest BCUT2D eigenvalue weighted by molar-refractivity contribution is -0.116. The zero-order valence-electron chi connectivity index (χ0n) is 10.6. The molecule has 0 aliphatic carbocycles. The molecule has 19 heavy (non-hydrogen) atoms. The highest BCUT2D eigenvalue weighted by Gasteiger charge is 2.11. The molecule has 3 nitrogen and oxygen atoms in total. The van der Waals surface area contributed by atoms with Gasteiger partial charge in [-0.15, -0.1) is 0 Å². The summed E-state index contributed by atoms with van der Waals surface area (Å²) in [6.45, 7) is 3.14. The Morgan fingerprint density at radius 3 is 2.63 bits per heavy atom. The third kappa shape index (κ3) is 3.19. The van der Waals surface area contributed by atoms with Gasteiger partial charge in [-0.3, -0.25) is 4.79 Å². The van der Waals surface area contributed by atoms with E-state index in [1.165, 1.54) is 6.92 Å². The van der Waals surface area contributed by atoms with Crippen molar-refractivity contribution in [1.29, 1.82) is 0 Å². The summed E-state index contributed by atoms with van der Waals surface area (Å²) in [4.78, 5) is 19.3. The number of aromatic nitrogens is 2. The quantitative estimate of drug-likeness (QED) is 0.854. The lowest BCUT2D eigenvalue weighted by Gasteiger charge is -2.06. The summed E-state index contributed by atoms with van der Waals surface area (Å²) in [7, 11) is 0. The van der Waals surface area contributed by atoms with E-state index in [9.17, 15) is 13.6 Å². The molecule has 0 aliphatic rings. The first-order chi connectivity index (χ1) is 8.95. The molecule has 0 radical (unpaired) electrons. The highest BCUT2D eigenvalue weighted by atomic mass is 19.1. The van der Waals surface area contributed by atoms with Crippen LogP contribution in [-0.4, -0.2) is 15.8 Å². The van der Waals surface area contributed by atoms with Gasteiger partial charge in [-0.2, -0.15) is 0 Å². The van der Waals surface area contributed by atoms with Crippen LogP contribution >= 0.6 is 0 Å². The van der Waals surface area contributed by atoms with E-state index < -0.39 is 11.6 Å². The summed E-state index contributed by atoms with van der Waals surface area (Å²) in [6.07, 6.45) is 0.0750. The predicted molar refractivity (Wildman–Crippen MR) is 66.5 cm³/mol. The number of nitrogens with zero attached hydrogens (tertiary/aromatic N) is 2. The van der Waals surface area contributed by atoms with E-state index in [0.29, 0.717) is 11.5 Å². The van der Waals surface area contributed by atoms with Gasteiger partial charge in [-0.25, -0.2) is 18.7 Å². The lowest BCUT2D eigenvalue weighted by Crippen LogP contribution is -2.05. The van der Waals surface area contributed by atoms with Crippen molar-refractivity contribution in [2.45, 2.75) is 20.3 Å². The number of hydrogen-bond donors (Lipinski definition) is 0. The van der Waals surface area contributed by atoms with E-state index in [4.69, 9.17) is 0 Å². The lowest BCUT2D eigenvalue weighted by atomic mass is 10.1. The first-order valence-corrected chi connectivity index (χ1v) is 5.75. The molecule has 5 heteroatoms. The third-order valence-electron chi connectivity index (χ3n) is 2.51. The van der Waals surface area contributed by atoms with E-state index >= 15 is 0 Å². The number of ketones is 1. The summed E-state index contributed by atoms with van der Waals surface area (Å²) >= 11 is 0. The Labute approximate surface area is 109 Å². The van der Waals surface area contributed by atoms with Crippen LogP contribution in [0, 0.1) is 18.6 Å². The van der Waals surface area contributed by atoms with Crippen molar-refractivity contribution in [2.24, 2.45) is 0 Å². The molecule has 0 atom stereocenters. The minimum atomic E-state index is -0.562. The molecule has 0 saturated carbocycles. The molecule has 2 rings (SSSR count). The Hall–Kier alpha value is -2.17. The minimum absolute atomic E-state index is 0.0651. The maximum Gasteiger partial charge on any atom is 0.137 e. The molecule has 0 aliphatic heterocycles. The van der Waals surface area contributed by atoms with Crippen molar-refractivity contribution in [3.8, 4) is 11.3 Å². The maximum atomic E-state index is 13.7. The zero-order valence-corrected chi connectivity index (χ0v) is 10.6. The van der Waals surface area contributed by atoms with Crippen LogP contribution in [-0.2, 0) is 11.2 Å². The molecule has 0 spiro atoms. The fourth-order valence-electron chi connectivity index (χ4n) is 1.76. The molecule has 1 heterocycles. The number of benzene rings is 1. The summed E-state index contributed by atoms with van der Waals surface area (Å²) in [5.41, 5.74) is 0.945. The molecule has 2 aromatic rings. The fourth-order valence-corrected chi connectivity index (χ4v) is 1.76. The van der Waals surface area contributed by atoms with E-state index in [2.05, 4.69) is 9.97 Å². The van der Waals surface area contributed by atoms with Crippen molar-refractivity contribution in [1.82, 2.24) is 9.97 Å². The number of carbonyl (C=O) groups excluding carboxylic acids is 1. The number of Topliss-reactive ketones (excluding diaryl/α,β-unsaturated/α-hetero) is 1. The maximum absolute atomic E-state index is 13.7. The average molecular weight is 262 g/mol. The zero-order chi connectivity index (χ0) is 14.0. The normalized spacial score (nSPS) is 10.5. The van der Waals surface area contributed by atoms with Crippen LogP contribution in [0.25, 0.3) is 11.3 Å². The van der Waals surface area contributed by atoms with Gasteiger partial charge in [0.25, 0.3) is 0 Å². The van der Waals surface area contributed by atoms with Crippen LogP contribution in [0.2, 0.25) is 0 Å². The van der Waals surface area contributed by atoms with Crippen LogP contribution < -0.4 is 0 Å². The minimum Gasteiger partial charge on any atom is -0.300 e. The SMILES string of the molecule is CC(=O)Cc1nc(C)cc(-c2cc(F)ccc2F)n1. The van der Waals surface area contributed by atoms with Crippen molar-refractivity contribution in [3.05, 3.63) is 47.4 Å². The van der Waals surface area contributed by atoms with Gasteiger partial charge in [0.15, 0.2) is 0 Å². The molecule has 98 valence electrons. The highest BCUT2D eigenvalue weighted by Crippen LogP contribution is 2.22. The van der Waals surface area contributed by atoms with Crippen LogP contribution in [0.5, 0.6) is 0 Å². The van der Waals surface area contributed by atoms with Crippen molar-refractivity contribution in [2.75, 3.05) is 0 Å². The molecule has 0 bridgehead atoms. The topological polar surface area (TPSA) is 42.9 Å². The average Bonchev–Trinajstić information content (AvgIpc) is 2.30. The van der Waals surface area contributed by atoms with Gasteiger partial charge in [-0.1, -0.05) is 0 Å². The Bertz CT molecular complexity index is 641. The molecule has 1 aromatic heterocycles. The van der Waals surface area contributed by atoms with Crippen LogP contribution in [0.4, 0.5) is 8.78 Å². The largest absolute Gasteiger partial charge is 0.300 e. The summed E-state index contributed by atoms with van der Waals surface area (Å²) in [5.74, 6) is -0.878. The van der Waals surface area contributed by atoms with Crippen molar-refractivity contribution in [3.63, 3.8) is 0 Å². The Kier molecular flexibility index (Phi) is 3.64. The number of carbonyl (C=O) groups is 1. The Morgan fingerprint density at radius 1 is 1.21 bits per heavy atom. The van der Waals surface area contributed by atoms with E-state index in [-0.39, 0.29) is 23.5 Å². The molecule has 0 fully saturated rings. The molecular formula is C14H12F2N2O. The monoisotopic (exact) mass is 262 g/mol. The van der Waals surface area contributed by atoms with Gasteiger partial charge in [0, 0.05) is 11.3 Å². The van der Waals surface area contributed by atoms with E-state index in [1.54, 1.807) is 13.0 Å². The Morgan fingerprint density at radius 2 is 1.95 bits per heavy atom. The van der Waals surface area contributed by atoms with Gasteiger partial charge < -0.3 is 0 Å². The third-order valence-corrected chi connectivity index (χ3v) is 2.51. The summed E-state index contributed by atoms with van der Waals surface area (Å²) in [5, 5.41) is 0. The van der Waals surface area contributed by atoms with Crippen LogP contribution in [0.1, 0.15) is 18.4 Å². The highest BCUT2D eigenvalue weighted by molar-refractivity contribution is 5.77.